The van der Waals surface area contributed by atoms with Crippen LogP contribution in [-0.2, 0) is 16.6 Å². The van der Waals surface area contributed by atoms with Crippen molar-refractivity contribution in [1.82, 2.24) is 0 Å². The second-order valence-corrected chi connectivity index (χ2v) is 5.30. The van der Waals surface area contributed by atoms with Crippen LogP contribution in [0.25, 0.3) is 0 Å². The van der Waals surface area contributed by atoms with Crippen LogP contribution < -0.4 is 0 Å². The number of hydrogen-bond donors (Lipinski definition) is 1. The summed E-state index contributed by atoms with van der Waals surface area (Å²) in [6, 6.07) is 5.99. The molecule has 0 unspecified atom stereocenters. The van der Waals surface area contributed by atoms with E-state index in [-0.39, 0.29) is 0 Å². The molecule has 0 aromatic heterocycles. The van der Waals surface area contributed by atoms with Gasteiger partial charge >= 0.3 is 5.97 Å². The van der Waals surface area contributed by atoms with Gasteiger partial charge in [0.15, 0.2) is 0 Å². The van der Waals surface area contributed by atoms with Gasteiger partial charge in [-0.1, -0.05) is 41.4 Å². The van der Waals surface area contributed by atoms with Gasteiger partial charge in [-0.3, -0.25) is 4.79 Å². The van der Waals surface area contributed by atoms with Crippen molar-refractivity contribution in [3.05, 3.63) is 33.8 Å². The number of aryl methyl sites for hydroxylation is 1. The highest BCUT2D eigenvalue weighted by molar-refractivity contribution is 9.10. The summed E-state index contributed by atoms with van der Waals surface area (Å²) in [7, 11) is 0. The van der Waals surface area contributed by atoms with Crippen molar-refractivity contribution >= 4 is 21.9 Å². The standard InChI is InChI=1S/C13H15BrO2/c1-2-3-9-4-5-10(8-11(9)14)13(6-7-13)12(15)16/h4-5,8H,2-3,6-7H2,1H3,(H,15,16). The fourth-order valence-electron chi connectivity index (χ4n) is 2.07. The minimum Gasteiger partial charge on any atom is -0.481 e. The van der Waals surface area contributed by atoms with Gasteiger partial charge in [0.05, 0.1) is 5.41 Å². The molecule has 0 spiro atoms. The van der Waals surface area contributed by atoms with Gasteiger partial charge in [-0.05, 0) is 36.5 Å². The molecule has 0 saturated heterocycles. The number of hydrogen-bond acceptors (Lipinski definition) is 1. The van der Waals surface area contributed by atoms with E-state index in [0.717, 1.165) is 35.7 Å². The summed E-state index contributed by atoms with van der Waals surface area (Å²) in [4.78, 5) is 11.2. The number of carboxylic acids is 1. The fourth-order valence-corrected chi connectivity index (χ4v) is 2.65. The maximum atomic E-state index is 11.2. The van der Waals surface area contributed by atoms with E-state index in [1.165, 1.54) is 5.56 Å². The third-order valence-corrected chi connectivity index (χ3v) is 4.02. The van der Waals surface area contributed by atoms with Crippen molar-refractivity contribution in [1.29, 1.82) is 0 Å². The lowest BCUT2D eigenvalue weighted by molar-refractivity contribution is -0.140. The molecule has 0 bridgehead atoms. The molecule has 2 rings (SSSR count). The van der Waals surface area contributed by atoms with Crippen molar-refractivity contribution in [3.8, 4) is 0 Å². The second-order valence-electron chi connectivity index (χ2n) is 4.44. The smallest absolute Gasteiger partial charge is 0.314 e. The molecule has 0 aliphatic heterocycles. The Morgan fingerprint density at radius 2 is 2.19 bits per heavy atom. The molecular formula is C13H15BrO2. The Labute approximate surface area is 104 Å². The zero-order chi connectivity index (χ0) is 11.8. The SMILES string of the molecule is CCCc1ccc(C2(C(=O)O)CC2)cc1Br. The van der Waals surface area contributed by atoms with Crippen LogP contribution in [0.15, 0.2) is 22.7 Å². The Balaban J connectivity index is 2.31. The predicted molar refractivity (Wildman–Crippen MR) is 66.7 cm³/mol. The van der Waals surface area contributed by atoms with Crippen LogP contribution in [0.3, 0.4) is 0 Å². The topological polar surface area (TPSA) is 37.3 Å². The molecule has 1 aliphatic carbocycles. The molecule has 2 nitrogen and oxygen atoms in total. The Morgan fingerprint density at radius 1 is 1.50 bits per heavy atom. The molecule has 0 radical (unpaired) electrons. The molecular weight excluding hydrogens is 268 g/mol. The molecule has 1 aromatic carbocycles. The lowest BCUT2D eigenvalue weighted by Gasteiger charge is -2.12. The maximum absolute atomic E-state index is 11.2. The quantitative estimate of drug-likeness (QED) is 0.918. The number of halogens is 1. The maximum Gasteiger partial charge on any atom is 0.314 e. The Kier molecular flexibility index (Phi) is 3.06. The molecule has 1 N–H and O–H groups in total. The van der Waals surface area contributed by atoms with Crippen molar-refractivity contribution in [2.75, 3.05) is 0 Å². The van der Waals surface area contributed by atoms with Gasteiger partial charge in [0, 0.05) is 4.47 Å². The van der Waals surface area contributed by atoms with E-state index in [9.17, 15) is 9.90 Å². The first-order valence-electron chi connectivity index (χ1n) is 5.62. The highest BCUT2D eigenvalue weighted by Gasteiger charge is 2.51. The van der Waals surface area contributed by atoms with Gasteiger partial charge in [0.25, 0.3) is 0 Å². The first-order chi connectivity index (χ1) is 7.60. The van der Waals surface area contributed by atoms with E-state index in [4.69, 9.17) is 0 Å². The average molecular weight is 283 g/mol. The second kappa shape index (κ2) is 4.21. The van der Waals surface area contributed by atoms with E-state index in [1.54, 1.807) is 0 Å². The van der Waals surface area contributed by atoms with Gasteiger partial charge in [-0.25, -0.2) is 0 Å². The number of benzene rings is 1. The molecule has 0 heterocycles. The van der Waals surface area contributed by atoms with Crippen molar-refractivity contribution < 1.29 is 9.90 Å². The van der Waals surface area contributed by atoms with E-state index in [2.05, 4.69) is 22.9 Å². The van der Waals surface area contributed by atoms with Crippen LogP contribution in [0.2, 0.25) is 0 Å². The van der Waals surface area contributed by atoms with E-state index < -0.39 is 11.4 Å². The van der Waals surface area contributed by atoms with Crippen LogP contribution >= 0.6 is 15.9 Å². The molecule has 16 heavy (non-hydrogen) atoms. The summed E-state index contributed by atoms with van der Waals surface area (Å²) in [5, 5.41) is 9.21. The molecule has 1 saturated carbocycles. The first kappa shape index (κ1) is 11.6. The van der Waals surface area contributed by atoms with E-state index in [0.29, 0.717) is 0 Å². The van der Waals surface area contributed by atoms with Gasteiger partial charge in [-0.2, -0.15) is 0 Å². The van der Waals surface area contributed by atoms with Crippen LogP contribution in [0, 0.1) is 0 Å². The summed E-state index contributed by atoms with van der Waals surface area (Å²) < 4.78 is 1.04. The van der Waals surface area contributed by atoms with Crippen LogP contribution in [0.1, 0.15) is 37.3 Å². The highest BCUT2D eigenvalue weighted by atomic mass is 79.9. The molecule has 1 aliphatic rings. The van der Waals surface area contributed by atoms with Crippen molar-refractivity contribution in [3.63, 3.8) is 0 Å². The lowest BCUT2D eigenvalue weighted by atomic mass is 9.94. The molecule has 1 aromatic rings. The molecule has 1 fully saturated rings. The van der Waals surface area contributed by atoms with Gasteiger partial charge in [0.1, 0.15) is 0 Å². The summed E-state index contributed by atoms with van der Waals surface area (Å²) in [5.41, 5.74) is 1.60. The minimum atomic E-state index is -0.692. The Morgan fingerprint density at radius 3 is 2.62 bits per heavy atom. The lowest BCUT2D eigenvalue weighted by Crippen LogP contribution is -2.19. The van der Waals surface area contributed by atoms with Crippen molar-refractivity contribution in [2.24, 2.45) is 0 Å². The van der Waals surface area contributed by atoms with Crippen molar-refractivity contribution in [2.45, 2.75) is 38.0 Å². The van der Waals surface area contributed by atoms with Crippen LogP contribution in [0.5, 0.6) is 0 Å². The molecule has 0 amide bonds. The zero-order valence-corrected chi connectivity index (χ0v) is 10.9. The molecule has 0 atom stereocenters. The summed E-state index contributed by atoms with van der Waals surface area (Å²) >= 11 is 3.52. The first-order valence-corrected chi connectivity index (χ1v) is 6.42. The van der Waals surface area contributed by atoms with Gasteiger partial charge in [-0.15, -0.1) is 0 Å². The zero-order valence-electron chi connectivity index (χ0n) is 9.29. The summed E-state index contributed by atoms with van der Waals surface area (Å²) in [5.74, 6) is -0.692. The van der Waals surface area contributed by atoms with E-state index >= 15 is 0 Å². The number of rotatable bonds is 4. The summed E-state index contributed by atoms with van der Waals surface area (Å²) in [6.45, 7) is 2.14. The number of carboxylic acid groups (broad SMARTS) is 1. The predicted octanol–water partition coefficient (Wildman–Crippen LogP) is 3.52. The monoisotopic (exact) mass is 282 g/mol. The highest BCUT2D eigenvalue weighted by Crippen LogP contribution is 2.49. The number of carbonyl (C=O) groups is 1. The van der Waals surface area contributed by atoms with Gasteiger partial charge < -0.3 is 5.11 Å². The summed E-state index contributed by atoms with van der Waals surface area (Å²) in [6.07, 6.45) is 3.66. The fraction of sp³-hybridized carbons (Fsp3) is 0.462. The third-order valence-electron chi connectivity index (χ3n) is 3.28. The molecule has 3 heteroatoms. The van der Waals surface area contributed by atoms with E-state index in [1.807, 2.05) is 18.2 Å². The third kappa shape index (κ3) is 1.88. The average Bonchev–Trinajstić information content (AvgIpc) is 3.02. The van der Waals surface area contributed by atoms with Crippen LogP contribution in [-0.4, -0.2) is 11.1 Å². The molecule has 86 valence electrons. The largest absolute Gasteiger partial charge is 0.481 e. The number of aliphatic carboxylic acids is 1. The Bertz CT molecular complexity index is 422. The van der Waals surface area contributed by atoms with Crippen LogP contribution in [0.4, 0.5) is 0 Å². The normalized spacial score (nSPS) is 17.1. The minimum absolute atomic E-state index is 0.590. The Hall–Kier alpha value is -0.830. The van der Waals surface area contributed by atoms with Gasteiger partial charge in [0.2, 0.25) is 0 Å².